The van der Waals surface area contributed by atoms with Gasteiger partial charge in [0, 0.05) is 16.3 Å². The first-order valence-corrected chi connectivity index (χ1v) is 7.14. The van der Waals surface area contributed by atoms with Crippen LogP contribution < -0.4 is 4.18 Å². The van der Waals surface area contributed by atoms with Crippen LogP contribution in [0.5, 0.6) is 5.75 Å². The molecule has 3 aromatic rings. The van der Waals surface area contributed by atoms with E-state index in [1.54, 1.807) is 12.1 Å². The smallest absolute Gasteiger partial charge is 0.331 e. The lowest BCUT2D eigenvalue weighted by atomic mass is 10.1. The Morgan fingerprint density at radius 1 is 1.05 bits per heavy atom. The molecule has 19 heavy (non-hydrogen) atoms. The number of para-hydroxylation sites is 2. The molecule has 0 atom stereocenters. The molecule has 1 N–H and O–H groups in total. The number of H-pyrrole nitrogens is 1. The van der Waals surface area contributed by atoms with E-state index in [1.807, 2.05) is 30.3 Å². The van der Waals surface area contributed by atoms with Crippen LogP contribution in [0.2, 0.25) is 0 Å². The predicted molar refractivity (Wildman–Crippen MR) is 75.5 cm³/mol. The predicted octanol–water partition coefficient (Wildman–Crippen LogP) is 3.17. The van der Waals surface area contributed by atoms with E-state index in [4.69, 9.17) is 4.18 Å². The highest BCUT2D eigenvalue weighted by molar-refractivity contribution is 7.90. The van der Waals surface area contributed by atoms with Crippen LogP contribution in [0.1, 0.15) is 0 Å². The number of aromatic nitrogens is 1. The second kappa shape index (κ2) is 4.13. The van der Waals surface area contributed by atoms with Crippen LogP contribution in [0.15, 0.2) is 54.5 Å². The van der Waals surface area contributed by atoms with Crippen molar-refractivity contribution in [1.29, 1.82) is 0 Å². The molecular weight excluding hydrogens is 262 g/mol. The number of benzene rings is 2. The quantitative estimate of drug-likeness (QED) is 0.746. The summed E-state index contributed by atoms with van der Waals surface area (Å²) in [6.07, 6.45) is 0. The maximum atomic E-state index is 11.5. The second-order valence-electron chi connectivity index (χ2n) is 4.09. The third kappa shape index (κ3) is 1.98. The normalized spacial score (nSPS) is 11.8. The zero-order chi connectivity index (χ0) is 13.5. The minimum Gasteiger partial charge on any atom is -0.377 e. The van der Waals surface area contributed by atoms with Crippen molar-refractivity contribution in [2.45, 2.75) is 0 Å². The van der Waals surface area contributed by atoms with Crippen LogP contribution in [0.3, 0.4) is 0 Å². The Hall–Kier alpha value is -2.27. The summed E-state index contributed by atoms with van der Waals surface area (Å²) in [5.41, 5.74) is 1.60. The van der Waals surface area contributed by atoms with Crippen LogP contribution in [-0.2, 0) is 10.1 Å². The van der Waals surface area contributed by atoms with Gasteiger partial charge in [-0.2, -0.15) is 8.42 Å². The summed E-state index contributed by atoms with van der Waals surface area (Å²) < 4.78 is 28.0. The van der Waals surface area contributed by atoms with Gasteiger partial charge in [-0.15, -0.1) is 0 Å². The van der Waals surface area contributed by atoms with Crippen molar-refractivity contribution in [3.05, 3.63) is 54.5 Å². The molecule has 5 heteroatoms. The zero-order valence-corrected chi connectivity index (χ0v) is 10.8. The van der Waals surface area contributed by atoms with Gasteiger partial charge in [-0.05, 0) is 12.1 Å². The highest BCUT2D eigenvalue weighted by Gasteiger charge is 2.13. The molecule has 4 nitrogen and oxygen atoms in total. The molecule has 0 fully saturated rings. The standard InChI is InChI=1S/C14H11NO3S/c1-2-19(16,17)18-13-9-5-7-11-10-6-3-4-8-12(10)15-14(11)13/h2-9,15H,1H2. The van der Waals surface area contributed by atoms with Gasteiger partial charge in [0.15, 0.2) is 5.75 Å². The van der Waals surface area contributed by atoms with Crippen molar-refractivity contribution in [2.75, 3.05) is 0 Å². The van der Waals surface area contributed by atoms with E-state index in [0.29, 0.717) is 5.52 Å². The molecule has 0 bridgehead atoms. The van der Waals surface area contributed by atoms with Gasteiger partial charge >= 0.3 is 10.1 Å². The highest BCUT2D eigenvalue weighted by atomic mass is 32.2. The summed E-state index contributed by atoms with van der Waals surface area (Å²) in [4.78, 5) is 3.17. The van der Waals surface area contributed by atoms with Crippen molar-refractivity contribution < 1.29 is 12.6 Å². The first kappa shape index (κ1) is 11.8. The fraction of sp³-hybridized carbons (Fsp3) is 0. The second-order valence-corrected chi connectivity index (χ2v) is 5.58. The maximum absolute atomic E-state index is 11.5. The van der Waals surface area contributed by atoms with Gasteiger partial charge in [-0.3, -0.25) is 0 Å². The van der Waals surface area contributed by atoms with E-state index >= 15 is 0 Å². The molecule has 0 saturated heterocycles. The van der Waals surface area contributed by atoms with Gasteiger partial charge in [0.05, 0.1) is 10.9 Å². The van der Waals surface area contributed by atoms with E-state index < -0.39 is 10.1 Å². The average molecular weight is 273 g/mol. The summed E-state index contributed by atoms with van der Waals surface area (Å²) in [6, 6.07) is 13.0. The van der Waals surface area contributed by atoms with Crippen molar-refractivity contribution >= 4 is 31.9 Å². The summed E-state index contributed by atoms with van der Waals surface area (Å²) >= 11 is 0. The van der Waals surface area contributed by atoms with Crippen LogP contribution in [0.4, 0.5) is 0 Å². The summed E-state index contributed by atoms with van der Waals surface area (Å²) in [5.74, 6) is 0.272. The third-order valence-electron chi connectivity index (χ3n) is 2.91. The topological polar surface area (TPSA) is 59.2 Å². The molecule has 0 aliphatic heterocycles. The Balaban J connectivity index is 2.29. The Kier molecular flexibility index (Phi) is 2.57. The SMILES string of the molecule is C=CS(=O)(=O)Oc1cccc2c1[nH]c1ccccc12. The molecule has 0 amide bonds. The Morgan fingerprint density at radius 2 is 1.79 bits per heavy atom. The number of fused-ring (bicyclic) bond motifs is 3. The highest BCUT2D eigenvalue weighted by Crippen LogP contribution is 2.32. The number of aromatic amines is 1. The van der Waals surface area contributed by atoms with Crippen molar-refractivity contribution in [2.24, 2.45) is 0 Å². The van der Waals surface area contributed by atoms with Crippen molar-refractivity contribution in [3.63, 3.8) is 0 Å². The first-order valence-electron chi connectivity index (χ1n) is 5.67. The summed E-state index contributed by atoms with van der Waals surface area (Å²) in [5, 5.41) is 2.74. The lowest BCUT2D eigenvalue weighted by Gasteiger charge is -2.03. The lowest BCUT2D eigenvalue weighted by molar-refractivity contribution is 0.499. The average Bonchev–Trinajstić information content (AvgIpc) is 2.78. The third-order valence-corrected chi connectivity index (χ3v) is 3.73. The van der Waals surface area contributed by atoms with Gasteiger partial charge < -0.3 is 9.17 Å². The van der Waals surface area contributed by atoms with Gasteiger partial charge in [0.1, 0.15) is 0 Å². The Labute approximate surface area is 110 Å². The fourth-order valence-corrected chi connectivity index (χ4v) is 2.53. The molecule has 0 saturated carbocycles. The molecular formula is C14H11NO3S. The van der Waals surface area contributed by atoms with E-state index in [9.17, 15) is 8.42 Å². The van der Waals surface area contributed by atoms with Crippen LogP contribution in [0.25, 0.3) is 21.8 Å². The Bertz CT molecular complexity index is 878. The van der Waals surface area contributed by atoms with Crippen molar-refractivity contribution in [3.8, 4) is 5.75 Å². The van der Waals surface area contributed by atoms with E-state index in [-0.39, 0.29) is 5.75 Å². The molecule has 3 rings (SSSR count). The van der Waals surface area contributed by atoms with Crippen molar-refractivity contribution in [1.82, 2.24) is 4.98 Å². The number of nitrogens with one attached hydrogen (secondary N) is 1. The molecule has 0 aliphatic carbocycles. The largest absolute Gasteiger partial charge is 0.377 e. The molecule has 0 unspecified atom stereocenters. The molecule has 2 aromatic carbocycles. The minimum atomic E-state index is -3.76. The van der Waals surface area contributed by atoms with E-state index in [0.717, 1.165) is 21.7 Å². The molecule has 1 aromatic heterocycles. The first-order chi connectivity index (χ1) is 9.11. The molecule has 0 aliphatic rings. The molecule has 0 radical (unpaired) electrons. The molecule has 0 spiro atoms. The number of hydrogen-bond donors (Lipinski definition) is 1. The monoisotopic (exact) mass is 273 g/mol. The zero-order valence-electron chi connectivity index (χ0n) is 9.96. The Morgan fingerprint density at radius 3 is 2.58 bits per heavy atom. The van der Waals surface area contributed by atoms with Gasteiger partial charge in [0.25, 0.3) is 0 Å². The van der Waals surface area contributed by atoms with Crippen LogP contribution in [-0.4, -0.2) is 13.4 Å². The van der Waals surface area contributed by atoms with E-state index in [1.165, 1.54) is 0 Å². The van der Waals surface area contributed by atoms with Crippen LogP contribution >= 0.6 is 0 Å². The fourth-order valence-electron chi connectivity index (χ4n) is 2.07. The number of hydrogen-bond acceptors (Lipinski definition) is 3. The van der Waals surface area contributed by atoms with Gasteiger partial charge in [-0.25, -0.2) is 0 Å². The summed E-state index contributed by atoms with van der Waals surface area (Å²) in [6.45, 7) is 3.23. The van der Waals surface area contributed by atoms with Crippen LogP contribution in [0, 0.1) is 0 Å². The van der Waals surface area contributed by atoms with Gasteiger partial charge in [-0.1, -0.05) is 36.9 Å². The van der Waals surface area contributed by atoms with E-state index in [2.05, 4.69) is 11.6 Å². The molecule has 96 valence electrons. The molecule has 1 heterocycles. The number of rotatable bonds is 3. The lowest BCUT2D eigenvalue weighted by Crippen LogP contribution is -2.04. The minimum absolute atomic E-state index is 0.272. The summed E-state index contributed by atoms with van der Waals surface area (Å²) in [7, 11) is -3.76. The van der Waals surface area contributed by atoms with Gasteiger partial charge in [0.2, 0.25) is 0 Å². The maximum Gasteiger partial charge on any atom is 0.331 e.